The summed E-state index contributed by atoms with van der Waals surface area (Å²) in [5, 5.41) is 3.82. The van der Waals surface area contributed by atoms with Gasteiger partial charge >= 0.3 is 0 Å². The minimum absolute atomic E-state index is 0.179. The molecule has 1 saturated heterocycles. The fourth-order valence-electron chi connectivity index (χ4n) is 2.79. The van der Waals surface area contributed by atoms with Crippen molar-refractivity contribution in [3.63, 3.8) is 0 Å². The summed E-state index contributed by atoms with van der Waals surface area (Å²) in [5.74, 6) is 0.929. The lowest BCUT2D eigenvalue weighted by Gasteiger charge is -2.34. The zero-order valence-corrected chi connectivity index (χ0v) is 13.7. The summed E-state index contributed by atoms with van der Waals surface area (Å²) in [6.07, 6.45) is 2.56. The van der Waals surface area contributed by atoms with Crippen molar-refractivity contribution >= 4 is 17.5 Å². The SMILES string of the molecule is O=C(CN1CCN(Cc2ccc(Cl)cc2)CC1)NCC1CC1. The number of carbonyl (C=O) groups excluding carboxylic acids is 1. The van der Waals surface area contributed by atoms with Gasteiger partial charge in [0.05, 0.1) is 6.54 Å². The van der Waals surface area contributed by atoms with Crippen LogP contribution < -0.4 is 5.32 Å². The Kier molecular flexibility index (Phi) is 5.34. The molecule has 0 atom stereocenters. The van der Waals surface area contributed by atoms with E-state index < -0.39 is 0 Å². The van der Waals surface area contributed by atoms with Crippen molar-refractivity contribution in [1.29, 1.82) is 0 Å². The van der Waals surface area contributed by atoms with Crippen LogP contribution in [-0.2, 0) is 11.3 Å². The van der Waals surface area contributed by atoms with E-state index in [1.165, 1.54) is 18.4 Å². The van der Waals surface area contributed by atoms with Gasteiger partial charge in [0.2, 0.25) is 5.91 Å². The summed E-state index contributed by atoms with van der Waals surface area (Å²) < 4.78 is 0. The average Bonchev–Trinajstić information content (AvgIpc) is 3.34. The van der Waals surface area contributed by atoms with Crippen molar-refractivity contribution in [1.82, 2.24) is 15.1 Å². The molecule has 1 aromatic rings. The first kappa shape index (κ1) is 15.8. The summed E-state index contributed by atoms with van der Waals surface area (Å²) >= 11 is 5.91. The fraction of sp³-hybridized carbons (Fsp3) is 0.588. The molecule has 0 spiro atoms. The standard InChI is InChI=1S/C17H24ClN3O/c18-16-5-3-15(4-6-16)12-20-7-9-21(10-8-20)13-17(22)19-11-14-1-2-14/h3-6,14H,1-2,7-13H2,(H,19,22). The quantitative estimate of drug-likeness (QED) is 0.870. The average molecular weight is 322 g/mol. The Bertz CT molecular complexity index is 493. The minimum atomic E-state index is 0.179. The van der Waals surface area contributed by atoms with Gasteiger partial charge in [0.25, 0.3) is 0 Å². The summed E-state index contributed by atoms with van der Waals surface area (Å²) in [6, 6.07) is 8.05. The highest BCUT2D eigenvalue weighted by Crippen LogP contribution is 2.27. The van der Waals surface area contributed by atoms with Crippen LogP contribution in [0.1, 0.15) is 18.4 Å². The summed E-state index contributed by atoms with van der Waals surface area (Å²) in [4.78, 5) is 16.6. The Labute approximate surface area is 137 Å². The second kappa shape index (κ2) is 7.44. The fourth-order valence-corrected chi connectivity index (χ4v) is 2.92. The molecular weight excluding hydrogens is 298 g/mol. The number of nitrogens with one attached hydrogen (secondary N) is 1. The third-order valence-corrected chi connectivity index (χ3v) is 4.69. The van der Waals surface area contributed by atoms with Crippen LogP contribution in [0.3, 0.4) is 0 Å². The monoisotopic (exact) mass is 321 g/mol. The predicted octanol–water partition coefficient (Wildman–Crippen LogP) is 1.98. The van der Waals surface area contributed by atoms with Crippen molar-refractivity contribution in [3.8, 4) is 0 Å². The van der Waals surface area contributed by atoms with Gasteiger partial charge in [-0.2, -0.15) is 0 Å². The van der Waals surface area contributed by atoms with Crippen molar-refractivity contribution in [3.05, 3.63) is 34.9 Å². The van der Waals surface area contributed by atoms with Gasteiger partial charge in [-0.25, -0.2) is 0 Å². The number of rotatable bonds is 6. The van der Waals surface area contributed by atoms with Gasteiger partial charge in [-0.05, 0) is 36.5 Å². The molecule has 3 rings (SSSR count). The number of nitrogens with zero attached hydrogens (tertiary/aromatic N) is 2. The van der Waals surface area contributed by atoms with E-state index in [-0.39, 0.29) is 5.91 Å². The van der Waals surface area contributed by atoms with Gasteiger partial charge in [-0.15, -0.1) is 0 Å². The molecule has 1 N–H and O–H groups in total. The highest BCUT2D eigenvalue weighted by molar-refractivity contribution is 6.30. The number of hydrogen-bond donors (Lipinski definition) is 1. The second-order valence-electron chi connectivity index (χ2n) is 6.43. The maximum Gasteiger partial charge on any atom is 0.234 e. The molecule has 1 heterocycles. The maximum absolute atomic E-state index is 11.9. The zero-order valence-electron chi connectivity index (χ0n) is 12.9. The number of halogens is 1. The van der Waals surface area contributed by atoms with Crippen LogP contribution in [0.25, 0.3) is 0 Å². The van der Waals surface area contributed by atoms with Crippen molar-refractivity contribution in [2.75, 3.05) is 39.3 Å². The Balaban J connectivity index is 1.36. The Hall–Kier alpha value is -1.10. The van der Waals surface area contributed by atoms with Crippen LogP contribution in [0.5, 0.6) is 0 Å². The molecule has 4 nitrogen and oxygen atoms in total. The second-order valence-corrected chi connectivity index (χ2v) is 6.86. The van der Waals surface area contributed by atoms with Crippen LogP contribution in [0.15, 0.2) is 24.3 Å². The number of piperazine rings is 1. The first-order valence-electron chi connectivity index (χ1n) is 8.15. The van der Waals surface area contributed by atoms with Gasteiger partial charge in [0.15, 0.2) is 0 Å². The first-order valence-corrected chi connectivity index (χ1v) is 8.53. The van der Waals surface area contributed by atoms with E-state index in [1.54, 1.807) is 0 Å². The number of amides is 1. The van der Waals surface area contributed by atoms with Crippen LogP contribution >= 0.6 is 11.6 Å². The molecule has 1 aliphatic carbocycles. The van der Waals surface area contributed by atoms with Crippen molar-refractivity contribution in [2.24, 2.45) is 5.92 Å². The van der Waals surface area contributed by atoms with E-state index in [4.69, 9.17) is 11.6 Å². The predicted molar refractivity (Wildman–Crippen MR) is 88.9 cm³/mol. The summed E-state index contributed by atoms with van der Waals surface area (Å²) in [7, 11) is 0. The molecule has 1 aromatic carbocycles. The molecule has 2 fully saturated rings. The molecule has 0 aromatic heterocycles. The molecule has 0 radical (unpaired) electrons. The molecule has 1 aliphatic heterocycles. The van der Waals surface area contributed by atoms with E-state index in [2.05, 4.69) is 27.2 Å². The Morgan fingerprint density at radius 2 is 1.73 bits per heavy atom. The minimum Gasteiger partial charge on any atom is -0.355 e. The molecule has 120 valence electrons. The van der Waals surface area contributed by atoms with Crippen molar-refractivity contribution in [2.45, 2.75) is 19.4 Å². The lowest BCUT2D eigenvalue weighted by Crippen LogP contribution is -2.49. The topological polar surface area (TPSA) is 35.6 Å². The lowest BCUT2D eigenvalue weighted by atomic mass is 10.2. The Morgan fingerprint density at radius 1 is 1.09 bits per heavy atom. The smallest absolute Gasteiger partial charge is 0.234 e. The third-order valence-electron chi connectivity index (χ3n) is 4.44. The number of hydrogen-bond acceptors (Lipinski definition) is 3. The van der Waals surface area contributed by atoms with Crippen LogP contribution in [0, 0.1) is 5.92 Å². The van der Waals surface area contributed by atoms with Gasteiger partial charge in [-0.1, -0.05) is 23.7 Å². The van der Waals surface area contributed by atoms with Crippen LogP contribution in [0.4, 0.5) is 0 Å². The van der Waals surface area contributed by atoms with Gasteiger partial charge in [0.1, 0.15) is 0 Å². The molecule has 1 saturated carbocycles. The highest BCUT2D eigenvalue weighted by Gasteiger charge is 2.23. The molecule has 0 unspecified atom stereocenters. The largest absolute Gasteiger partial charge is 0.355 e. The van der Waals surface area contributed by atoms with Gasteiger partial charge in [0, 0.05) is 44.3 Å². The molecule has 22 heavy (non-hydrogen) atoms. The van der Waals surface area contributed by atoms with Crippen LogP contribution in [-0.4, -0.2) is 55.0 Å². The lowest BCUT2D eigenvalue weighted by molar-refractivity contribution is -0.122. The van der Waals surface area contributed by atoms with E-state index in [1.807, 2.05) is 12.1 Å². The molecule has 0 bridgehead atoms. The zero-order chi connectivity index (χ0) is 15.4. The normalized spacial score (nSPS) is 20.0. The maximum atomic E-state index is 11.9. The highest BCUT2D eigenvalue weighted by atomic mass is 35.5. The van der Waals surface area contributed by atoms with Crippen molar-refractivity contribution < 1.29 is 4.79 Å². The first-order chi connectivity index (χ1) is 10.7. The van der Waals surface area contributed by atoms with Gasteiger partial charge in [-0.3, -0.25) is 14.6 Å². The molecule has 2 aliphatic rings. The summed E-state index contributed by atoms with van der Waals surface area (Å²) in [6.45, 7) is 6.32. The summed E-state index contributed by atoms with van der Waals surface area (Å²) in [5.41, 5.74) is 1.29. The number of benzene rings is 1. The molecular formula is C17H24ClN3O. The molecule has 5 heteroatoms. The molecule has 1 amide bonds. The number of carbonyl (C=O) groups is 1. The van der Waals surface area contributed by atoms with E-state index in [0.717, 1.165) is 50.2 Å². The van der Waals surface area contributed by atoms with E-state index in [9.17, 15) is 4.79 Å². The third kappa shape index (κ3) is 4.97. The van der Waals surface area contributed by atoms with E-state index >= 15 is 0 Å². The van der Waals surface area contributed by atoms with Crippen LogP contribution in [0.2, 0.25) is 5.02 Å². The Morgan fingerprint density at radius 3 is 2.36 bits per heavy atom. The van der Waals surface area contributed by atoms with E-state index in [0.29, 0.717) is 6.54 Å². The van der Waals surface area contributed by atoms with Gasteiger partial charge < -0.3 is 5.32 Å².